The Bertz CT molecular complexity index is 1780. The number of hydrogen-bond donors (Lipinski definition) is 3. The number of hydrogen-bond acceptors (Lipinski definition) is 15. The molecule has 0 radical (unpaired) electrons. The summed E-state index contributed by atoms with van der Waals surface area (Å²) in [7, 11) is -9.90. The third kappa shape index (κ3) is 63.5. The van der Waals surface area contributed by atoms with Gasteiger partial charge in [0.15, 0.2) is 12.2 Å². The minimum Gasteiger partial charge on any atom is -0.462 e. The molecular weight excluding hydrogens is 1190 g/mol. The molecule has 0 aliphatic carbocycles. The van der Waals surface area contributed by atoms with E-state index in [1.807, 2.05) is 0 Å². The third-order valence-electron chi connectivity index (χ3n) is 16.7. The maximum absolute atomic E-state index is 13.0. The van der Waals surface area contributed by atoms with E-state index in [9.17, 15) is 43.2 Å². The largest absolute Gasteiger partial charge is 0.472 e. The smallest absolute Gasteiger partial charge is 0.462 e. The van der Waals surface area contributed by atoms with Crippen LogP contribution in [-0.2, 0) is 65.4 Å². The van der Waals surface area contributed by atoms with Crippen molar-refractivity contribution in [2.45, 2.75) is 369 Å². The average Bonchev–Trinajstić information content (AvgIpc) is 2.87. The van der Waals surface area contributed by atoms with Gasteiger partial charge in [0.1, 0.15) is 19.3 Å². The van der Waals surface area contributed by atoms with Gasteiger partial charge in [-0.2, -0.15) is 0 Å². The number of esters is 4. The van der Waals surface area contributed by atoms with Crippen molar-refractivity contribution >= 4 is 39.5 Å². The minimum atomic E-state index is -4.95. The molecule has 4 unspecified atom stereocenters. The highest BCUT2D eigenvalue weighted by Gasteiger charge is 2.30. The standard InChI is InChI=1S/C71H138O17P2/c1-9-64(8)50-42-34-25-20-22-27-36-44-52-69(74)81-57-66(87-70(75)53-45-37-28-18-16-14-12-10-11-13-15-17-23-31-39-47-61(2)3)59-85-89(77,78)83-55-65(72)56-84-90(79,80)86-60-67(88-71(76)54-46-38-30-29-33-41-49-63(6)7)58-82-68(73)51-43-35-26-21-19-24-32-40-48-62(4)5/h61-67,72H,9-60H2,1-8H3,(H,77,78)(H,79,80)/t64?,65?,66-,67-/m1/s1. The van der Waals surface area contributed by atoms with Crippen molar-refractivity contribution in [2.75, 3.05) is 39.6 Å². The molecule has 0 aromatic rings. The zero-order valence-corrected chi connectivity index (χ0v) is 60.6. The van der Waals surface area contributed by atoms with Crippen molar-refractivity contribution < 1.29 is 80.2 Å². The number of phosphoric ester groups is 2. The van der Waals surface area contributed by atoms with E-state index in [0.717, 1.165) is 108 Å². The molecule has 0 aromatic heterocycles. The molecule has 90 heavy (non-hydrogen) atoms. The van der Waals surface area contributed by atoms with E-state index in [-0.39, 0.29) is 25.7 Å². The first-order chi connectivity index (χ1) is 43.1. The van der Waals surface area contributed by atoms with Crippen LogP contribution in [0.2, 0.25) is 0 Å². The van der Waals surface area contributed by atoms with Gasteiger partial charge >= 0.3 is 39.5 Å². The maximum Gasteiger partial charge on any atom is 0.472 e. The SMILES string of the molecule is CCC(C)CCCCCCCCCCC(=O)OC[C@H](COP(=O)(O)OCC(O)COP(=O)(O)OC[C@@H](COC(=O)CCCCCCCCCCC(C)C)OC(=O)CCCCCCCCC(C)C)OC(=O)CCCCCCCCCCCCCCCCCC(C)C. The van der Waals surface area contributed by atoms with Crippen LogP contribution < -0.4 is 0 Å². The Balaban J connectivity index is 5.22. The van der Waals surface area contributed by atoms with Crippen molar-refractivity contribution in [3.63, 3.8) is 0 Å². The van der Waals surface area contributed by atoms with E-state index in [1.165, 1.54) is 154 Å². The second-order valence-corrected chi connectivity index (χ2v) is 30.2. The van der Waals surface area contributed by atoms with Crippen LogP contribution in [0.1, 0.15) is 351 Å². The van der Waals surface area contributed by atoms with Crippen LogP contribution in [0, 0.1) is 23.7 Å². The molecule has 0 heterocycles. The second kappa shape index (κ2) is 60.7. The Hall–Kier alpha value is -1.94. The lowest BCUT2D eigenvalue weighted by Crippen LogP contribution is -2.30. The van der Waals surface area contributed by atoms with Crippen molar-refractivity contribution in [1.29, 1.82) is 0 Å². The van der Waals surface area contributed by atoms with Crippen LogP contribution in [-0.4, -0.2) is 96.7 Å². The highest BCUT2D eigenvalue weighted by Crippen LogP contribution is 2.45. The number of aliphatic hydroxyl groups is 1. The van der Waals surface area contributed by atoms with Crippen LogP contribution in [0.5, 0.6) is 0 Å². The van der Waals surface area contributed by atoms with Crippen LogP contribution in [0.3, 0.4) is 0 Å². The fraction of sp³-hybridized carbons (Fsp3) is 0.944. The third-order valence-corrected chi connectivity index (χ3v) is 18.6. The average molecular weight is 1330 g/mol. The Morgan fingerprint density at radius 2 is 0.533 bits per heavy atom. The Morgan fingerprint density at radius 1 is 0.311 bits per heavy atom. The summed E-state index contributed by atoms with van der Waals surface area (Å²) < 4.78 is 68.3. The zero-order valence-electron chi connectivity index (χ0n) is 58.8. The summed E-state index contributed by atoms with van der Waals surface area (Å²) in [4.78, 5) is 72.5. The minimum absolute atomic E-state index is 0.101. The predicted molar refractivity (Wildman–Crippen MR) is 363 cm³/mol. The van der Waals surface area contributed by atoms with Crippen LogP contribution in [0.25, 0.3) is 0 Å². The van der Waals surface area contributed by atoms with Crippen LogP contribution in [0.4, 0.5) is 0 Å². The number of unbranched alkanes of at least 4 members (excludes halogenated alkanes) is 33. The van der Waals surface area contributed by atoms with Gasteiger partial charge in [-0.15, -0.1) is 0 Å². The summed E-state index contributed by atoms with van der Waals surface area (Å²) in [6.07, 6.45) is 43.3. The molecule has 0 aliphatic rings. The van der Waals surface area contributed by atoms with Gasteiger partial charge in [0.05, 0.1) is 26.4 Å². The molecular formula is C71H138O17P2. The fourth-order valence-corrected chi connectivity index (χ4v) is 12.2. The fourth-order valence-electron chi connectivity index (χ4n) is 10.6. The maximum atomic E-state index is 13.0. The van der Waals surface area contributed by atoms with E-state index in [0.29, 0.717) is 31.6 Å². The van der Waals surface area contributed by atoms with Gasteiger partial charge in [-0.1, -0.05) is 299 Å². The number of rotatable bonds is 68. The monoisotopic (exact) mass is 1320 g/mol. The summed E-state index contributed by atoms with van der Waals surface area (Å²) in [5, 5.41) is 10.6. The molecule has 0 amide bonds. The first kappa shape index (κ1) is 88.1. The van der Waals surface area contributed by atoms with Gasteiger partial charge in [-0.25, -0.2) is 9.13 Å². The van der Waals surface area contributed by atoms with Gasteiger partial charge in [0.2, 0.25) is 0 Å². The van der Waals surface area contributed by atoms with Crippen molar-refractivity contribution in [3.05, 3.63) is 0 Å². The first-order valence-corrected chi connectivity index (χ1v) is 39.7. The molecule has 0 aromatic carbocycles. The van der Waals surface area contributed by atoms with E-state index in [2.05, 4.69) is 55.4 Å². The molecule has 0 spiro atoms. The van der Waals surface area contributed by atoms with Crippen molar-refractivity contribution in [3.8, 4) is 0 Å². The molecule has 0 saturated carbocycles. The lowest BCUT2D eigenvalue weighted by Gasteiger charge is -2.21. The molecule has 0 rings (SSSR count). The van der Waals surface area contributed by atoms with Crippen molar-refractivity contribution in [2.24, 2.45) is 23.7 Å². The molecule has 19 heteroatoms. The zero-order chi connectivity index (χ0) is 66.8. The Morgan fingerprint density at radius 3 is 0.789 bits per heavy atom. The topological polar surface area (TPSA) is 237 Å². The van der Waals surface area contributed by atoms with Gasteiger partial charge in [-0.3, -0.25) is 37.3 Å². The highest BCUT2D eigenvalue weighted by molar-refractivity contribution is 7.47. The van der Waals surface area contributed by atoms with Gasteiger partial charge in [0, 0.05) is 25.7 Å². The first-order valence-electron chi connectivity index (χ1n) is 36.7. The van der Waals surface area contributed by atoms with Gasteiger partial charge in [-0.05, 0) is 49.4 Å². The van der Waals surface area contributed by atoms with Crippen molar-refractivity contribution in [1.82, 2.24) is 0 Å². The molecule has 17 nitrogen and oxygen atoms in total. The quantitative estimate of drug-likeness (QED) is 0.0222. The lowest BCUT2D eigenvalue weighted by molar-refractivity contribution is -0.161. The number of ether oxygens (including phenoxy) is 4. The summed E-state index contributed by atoms with van der Waals surface area (Å²) in [6.45, 7) is 14.1. The lowest BCUT2D eigenvalue weighted by atomic mass is 9.99. The molecule has 0 fully saturated rings. The number of aliphatic hydroxyl groups excluding tert-OH is 1. The Kier molecular flexibility index (Phi) is 59.4. The van der Waals surface area contributed by atoms with E-state index in [4.69, 9.17) is 37.0 Å². The highest BCUT2D eigenvalue weighted by atomic mass is 31.2. The van der Waals surface area contributed by atoms with Crippen LogP contribution >= 0.6 is 15.6 Å². The number of phosphoric acid groups is 2. The summed E-state index contributed by atoms with van der Waals surface area (Å²) in [6, 6.07) is 0. The predicted octanol–water partition coefficient (Wildman–Crippen LogP) is 20.1. The van der Waals surface area contributed by atoms with E-state index in [1.54, 1.807) is 0 Å². The molecule has 0 saturated heterocycles. The number of carbonyl (C=O) groups excluding carboxylic acids is 4. The van der Waals surface area contributed by atoms with E-state index < -0.39 is 97.5 Å². The second-order valence-electron chi connectivity index (χ2n) is 27.3. The number of carbonyl (C=O) groups is 4. The summed E-state index contributed by atoms with van der Waals surface area (Å²) in [5.41, 5.74) is 0. The molecule has 534 valence electrons. The summed E-state index contributed by atoms with van der Waals surface area (Å²) >= 11 is 0. The molecule has 0 aliphatic heterocycles. The van der Waals surface area contributed by atoms with E-state index >= 15 is 0 Å². The molecule has 3 N–H and O–H groups in total. The normalized spacial score (nSPS) is 14.6. The molecule has 6 atom stereocenters. The summed E-state index contributed by atoms with van der Waals surface area (Å²) in [5.74, 6) is 0.843. The Labute approximate surface area is 549 Å². The molecule has 0 bridgehead atoms. The van der Waals surface area contributed by atoms with Gasteiger partial charge < -0.3 is 33.8 Å². The van der Waals surface area contributed by atoms with Gasteiger partial charge in [0.25, 0.3) is 0 Å². The van der Waals surface area contributed by atoms with Crippen LogP contribution in [0.15, 0.2) is 0 Å².